The predicted octanol–water partition coefficient (Wildman–Crippen LogP) is 2.79. The first kappa shape index (κ1) is 27.0. The van der Waals surface area contributed by atoms with Gasteiger partial charge in [0.15, 0.2) is 17.4 Å². The molecule has 2 aliphatic heterocycles. The van der Waals surface area contributed by atoms with Gasteiger partial charge < -0.3 is 19.9 Å². The number of hydrogen-bond acceptors (Lipinski definition) is 11. The number of anilines is 1. The summed E-state index contributed by atoms with van der Waals surface area (Å²) in [7, 11) is -3.79. The summed E-state index contributed by atoms with van der Waals surface area (Å²) in [5.74, 6) is -0.112. The van der Waals surface area contributed by atoms with E-state index in [0.29, 0.717) is 17.8 Å². The van der Waals surface area contributed by atoms with E-state index in [1.165, 1.54) is 6.33 Å². The van der Waals surface area contributed by atoms with Crippen LogP contribution in [0.2, 0.25) is 0 Å². The van der Waals surface area contributed by atoms with Gasteiger partial charge in [-0.05, 0) is 41.5 Å². The van der Waals surface area contributed by atoms with Crippen LogP contribution in [0.25, 0.3) is 11.2 Å². The number of nitrogens with zero attached hydrogens (tertiary/aromatic N) is 4. The molecule has 0 amide bonds. The fourth-order valence-corrected chi connectivity index (χ4v) is 6.18. The molecule has 0 aliphatic carbocycles. The zero-order valence-electron chi connectivity index (χ0n) is 21.1. The SMILES string of the molecule is CCOc1nc(N)nc2c1ncn2[C@@H]1O[C@@H]2CO[P@](=O)(N[C@H](C)COC(=O)C(C)(C)C)O[C@H]2[C@@]1(C)Cl. The van der Waals surface area contributed by atoms with Gasteiger partial charge >= 0.3 is 13.7 Å². The van der Waals surface area contributed by atoms with Crippen LogP contribution in [0.4, 0.5) is 5.95 Å². The first-order chi connectivity index (χ1) is 16.7. The number of aromatic nitrogens is 4. The molecule has 4 rings (SSSR count). The number of nitrogens with one attached hydrogen (secondary N) is 1. The predicted molar refractivity (Wildman–Crippen MR) is 131 cm³/mol. The zero-order valence-corrected chi connectivity index (χ0v) is 22.7. The number of hydrogen-bond donors (Lipinski definition) is 2. The smallest absolute Gasteiger partial charge is 0.406 e. The molecule has 2 aliphatic rings. The molecule has 6 atom stereocenters. The number of fused-ring (bicyclic) bond motifs is 2. The quantitative estimate of drug-likeness (QED) is 0.297. The Kier molecular flexibility index (Phi) is 7.28. The first-order valence-corrected chi connectivity index (χ1v) is 13.5. The van der Waals surface area contributed by atoms with E-state index in [9.17, 15) is 9.36 Å². The van der Waals surface area contributed by atoms with E-state index in [-0.39, 0.29) is 31.0 Å². The molecule has 2 aromatic heterocycles. The van der Waals surface area contributed by atoms with Gasteiger partial charge in [0.05, 0.1) is 25.0 Å². The minimum Gasteiger partial charge on any atom is -0.476 e. The highest BCUT2D eigenvalue weighted by molar-refractivity contribution is 7.51. The summed E-state index contributed by atoms with van der Waals surface area (Å²) in [6.07, 6.45) is -0.709. The van der Waals surface area contributed by atoms with Gasteiger partial charge in [-0.15, -0.1) is 11.6 Å². The van der Waals surface area contributed by atoms with E-state index >= 15 is 0 Å². The van der Waals surface area contributed by atoms with E-state index in [0.717, 1.165) is 0 Å². The van der Waals surface area contributed by atoms with Gasteiger partial charge in [0, 0.05) is 6.04 Å². The molecule has 200 valence electrons. The largest absolute Gasteiger partial charge is 0.476 e. The summed E-state index contributed by atoms with van der Waals surface area (Å²) in [5.41, 5.74) is 6.00. The van der Waals surface area contributed by atoms with Crippen LogP contribution in [0.1, 0.15) is 47.8 Å². The average Bonchev–Trinajstić information content (AvgIpc) is 3.29. The molecule has 0 bridgehead atoms. The Morgan fingerprint density at radius 3 is 2.83 bits per heavy atom. The average molecular weight is 547 g/mol. The number of carbonyl (C=O) groups is 1. The summed E-state index contributed by atoms with van der Waals surface area (Å²) in [6.45, 7) is 10.8. The fraction of sp³-hybridized carbons (Fsp3) is 0.714. The van der Waals surface area contributed by atoms with Crippen molar-refractivity contribution in [3.8, 4) is 5.88 Å². The molecule has 0 saturated carbocycles. The van der Waals surface area contributed by atoms with Gasteiger partial charge in [0.2, 0.25) is 11.8 Å². The number of halogens is 1. The van der Waals surface area contributed by atoms with Crippen LogP contribution >= 0.6 is 19.3 Å². The maximum Gasteiger partial charge on any atom is 0.406 e. The van der Waals surface area contributed by atoms with Gasteiger partial charge in [0.25, 0.3) is 0 Å². The van der Waals surface area contributed by atoms with E-state index in [1.54, 1.807) is 39.2 Å². The number of rotatable bonds is 7. The summed E-state index contributed by atoms with van der Waals surface area (Å²) in [4.78, 5) is 23.6. The van der Waals surface area contributed by atoms with Gasteiger partial charge in [0.1, 0.15) is 23.7 Å². The maximum absolute atomic E-state index is 13.4. The lowest BCUT2D eigenvalue weighted by Gasteiger charge is -2.36. The second kappa shape index (κ2) is 9.70. The molecule has 0 radical (unpaired) electrons. The normalized spacial score (nSPS) is 31.2. The van der Waals surface area contributed by atoms with Gasteiger partial charge in [-0.3, -0.25) is 18.4 Å². The molecule has 2 aromatic rings. The molecule has 0 spiro atoms. The van der Waals surface area contributed by atoms with Gasteiger partial charge in [-0.2, -0.15) is 9.97 Å². The van der Waals surface area contributed by atoms with E-state index in [1.807, 2.05) is 6.92 Å². The number of esters is 1. The minimum absolute atomic E-state index is 0.00817. The number of ether oxygens (including phenoxy) is 3. The Bertz CT molecular complexity index is 1190. The highest BCUT2D eigenvalue weighted by Gasteiger charge is 2.60. The van der Waals surface area contributed by atoms with Gasteiger partial charge in [-0.1, -0.05) is 0 Å². The highest BCUT2D eigenvalue weighted by atomic mass is 35.5. The summed E-state index contributed by atoms with van der Waals surface area (Å²) < 4.78 is 43.5. The number of nitrogens with two attached hydrogens (primary N) is 1. The third-order valence-electron chi connectivity index (χ3n) is 5.74. The van der Waals surface area contributed by atoms with Crippen molar-refractivity contribution in [3.63, 3.8) is 0 Å². The molecule has 0 unspecified atom stereocenters. The standard InChI is InChI=1S/C21H32ClN6O7P/c1-7-31-16-13-15(25-19(23)26-16)28(10-24-13)17-21(6,22)14-12(34-17)9-33-36(30,35-14)27-11(2)8-32-18(29)20(3,4)5/h10-12,14,17H,7-9H2,1-6H3,(H,27,30)(H2,23,25,26)/t11-,12-,14-,17-,21-,36-/m1/s1. The molecule has 3 N–H and O–H groups in total. The molecule has 2 fully saturated rings. The molecule has 0 aromatic carbocycles. The Hall–Kier alpha value is -2.02. The van der Waals surface area contributed by atoms with Crippen molar-refractivity contribution in [2.45, 2.75) is 70.9 Å². The fourth-order valence-electron chi connectivity index (χ4n) is 3.97. The molecule has 15 heteroatoms. The van der Waals surface area contributed by atoms with Crippen LogP contribution in [-0.4, -0.2) is 68.4 Å². The van der Waals surface area contributed by atoms with Gasteiger partial charge in [-0.25, -0.2) is 14.6 Å². The van der Waals surface area contributed by atoms with Crippen LogP contribution < -0.4 is 15.6 Å². The van der Waals surface area contributed by atoms with Crippen molar-refractivity contribution in [2.24, 2.45) is 5.41 Å². The lowest BCUT2D eigenvalue weighted by atomic mass is 9.97. The van der Waals surface area contributed by atoms with Crippen LogP contribution in [0.5, 0.6) is 5.88 Å². The summed E-state index contributed by atoms with van der Waals surface area (Å²) in [6, 6.07) is -0.507. The van der Waals surface area contributed by atoms with Crippen molar-refractivity contribution in [1.82, 2.24) is 24.6 Å². The maximum atomic E-state index is 13.4. The molecule has 2 saturated heterocycles. The van der Waals surface area contributed by atoms with Crippen molar-refractivity contribution < 1.29 is 32.6 Å². The summed E-state index contributed by atoms with van der Waals surface area (Å²) in [5, 5.41) is 2.81. The van der Waals surface area contributed by atoms with Crippen LogP contribution in [0, 0.1) is 5.41 Å². The lowest BCUT2D eigenvalue weighted by molar-refractivity contribution is -0.153. The number of alkyl halides is 1. The Morgan fingerprint density at radius 1 is 1.44 bits per heavy atom. The van der Waals surface area contributed by atoms with Crippen LogP contribution in [-0.2, 0) is 27.9 Å². The monoisotopic (exact) mass is 546 g/mol. The minimum atomic E-state index is -3.79. The van der Waals surface area contributed by atoms with Crippen molar-refractivity contribution in [3.05, 3.63) is 6.33 Å². The Morgan fingerprint density at radius 2 is 2.17 bits per heavy atom. The van der Waals surface area contributed by atoms with E-state index in [4.69, 9.17) is 40.6 Å². The molecule has 36 heavy (non-hydrogen) atoms. The third kappa shape index (κ3) is 5.18. The molecular weight excluding hydrogens is 515 g/mol. The second-order valence-corrected chi connectivity index (χ2v) is 12.6. The van der Waals surface area contributed by atoms with Crippen LogP contribution in [0.15, 0.2) is 6.33 Å². The third-order valence-corrected chi connectivity index (χ3v) is 7.89. The highest BCUT2D eigenvalue weighted by Crippen LogP contribution is 2.57. The molecular formula is C21H32ClN6O7P. The Balaban J connectivity index is 1.51. The van der Waals surface area contributed by atoms with E-state index in [2.05, 4.69) is 20.0 Å². The second-order valence-electron chi connectivity index (χ2n) is 10.0. The van der Waals surface area contributed by atoms with Crippen LogP contribution in [0.3, 0.4) is 0 Å². The number of carbonyl (C=O) groups excluding carboxylic acids is 1. The zero-order chi connectivity index (χ0) is 26.5. The topological polar surface area (TPSA) is 162 Å². The van der Waals surface area contributed by atoms with E-state index < -0.39 is 42.5 Å². The summed E-state index contributed by atoms with van der Waals surface area (Å²) >= 11 is 6.98. The van der Waals surface area contributed by atoms with Crippen molar-refractivity contribution >= 4 is 42.4 Å². The molecule has 4 heterocycles. The van der Waals surface area contributed by atoms with Crippen molar-refractivity contribution in [2.75, 3.05) is 25.6 Å². The molecule has 13 nitrogen and oxygen atoms in total. The Labute approximate surface area is 213 Å². The van der Waals surface area contributed by atoms with Crippen molar-refractivity contribution in [1.29, 1.82) is 0 Å². The first-order valence-electron chi connectivity index (χ1n) is 11.6. The number of imidazole rings is 1. The lowest BCUT2D eigenvalue weighted by Crippen LogP contribution is -2.46. The number of nitrogen functional groups attached to an aromatic ring is 1.